The first-order chi connectivity index (χ1) is 10.6. The van der Waals surface area contributed by atoms with E-state index in [1.807, 2.05) is 24.3 Å². The Kier molecular flexibility index (Phi) is 5.92. The summed E-state index contributed by atoms with van der Waals surface area (Å²) in [5.74, 6) is 0.803. The van der Waals surface area contributed by atoms with E-state index in [2.05, 4.69) is 10.6 Å². The molecule has 6 heteroatoms. The number of carbonyl (C=O) groups excluding carboxylic acids is 1. The predicted molar refractivity (Wildman–Crippen MR) is 90.2 cm³/mol. The molecule has 4 nitrogen and oxygen atoms in total. The average molecular weight is 339 g/mol. The number of ether oxygens (including phenoxy) is 1. The molecule has 0 aliphatic rings. The number of urea groups is 1. The summed E-state index contributed by atoms with van der Waals surface area (Å²) in [6.07, 6.45) is 0.714. The largest absolute Gasteiger partial charge is 0.497 e. The summed E-state index contributed by atoms with van der Waals surface area (Å²) in [7, 11) is 1.63. The van der Waals surface area contributed by atoms with Crippen LogP contribution in [0.15, 0.2) is 42.5 Å². The van der Waals surface area contributed by atoms with Crippen LogP contribution in [0.5, 0.6) is 5.75 Å². The molecule has 22 heavy (non-hydrogen) atoms. The van der Waals surface area contributed by atoms with Crippen LogP contribution in [-0.4, -0.2) is 19.7 Å². The monoisotopic (exact) mass is 338 g/mol. The number of nitrogens with one attached hydrogen (secondary N) is 2. The summed E-state index contributed by atoms with van der Waals surface area (Å²) < 4.78 is 5.16. The molecule has 0 radical (unpaired) electrons. The number of benzene rings is 2. The SMILES string of the molecule is COc1cccc(CCNC(=O)Nc2ccc(Cl)c(Cl)c2)c1. The first-order valence-electron chi connectivity index (χ1n) is 6.71. The third kappa shape index (κ3) is 4.83. The number of carbonyl (C=O) groups is 1. The van der Waals surface area contributed by atoms with E-state index in [1.54, 1.807) is 25.3 Å². The predicted octanol–water partition coefficient (Wildman–Crippen LogP) is 4.37. The Morgan fingerprint density at radius 1 is 1.14 bits per heavy atom. The minimum atomic E-state index is -0.290. The molecule has 0 heterocycles. The first kappa shape index (κ1) is 16.5. The lowest BCUT2D eigenvalue weighted by atomic mass is 10.1. The maximum absolute atomic E-state index is 11.8. The zero-order valence-corrected chi connectivity index (χ0v) is 13.5. The lowest BCUT2D eigenvalue weighted by Gasteiger charge is -2.09. The van der Waals surface area contributed by atoms with Crippen molar-refractivity contribution in [2.75, 3.05) is 19.0 Å². The van der Waals surface area contributed by atoms with Crippen LogP contribution in [0.4, 0.5) is 10.5 Å². The number of rotatable bonds is 5. The smallest absolute Gasteiger partial charge is 0.319 e. The molecule has 0 saturated heterocycles. The molecule has 0 aliphatic carbocycles. The van der Waals surface area contributed by atoms with E-state index in [1.165, 1.54) is 0 Å². The van der Waals surface area contributed by atoms with E-state index in [0.29, 0.717) is 28.7 Å². The maximum Gasteiger partial charge on any atom is 0.319 e. The van der Waals surface area contributed by atoms with E-state index in [4.69, 9.17) is 27.9 Å². The van der Waals surface area contributed by atoms with Gasteiger partial charge < -0.3 is 15.4 Å². The number of amides is 2. The van der Waals surface area contributed by atoms with Gasteiger partial charge in [-0.15, -0.1) is 0 Å². The van der Waals surface area contributed by atoms with E-state index in [-0.39, 0.29) is 6.03 Å². The van der Waals surface area contributed by atoms with Gasteiger partial charge in [0.2, 0.25) is 0 Å². The second-order valence-corrected chi connectivity index (χ2v) is 5.43. The molecule has 2 rings (SSSR count). The maximum atomic E-state index is 11.8. The average Bonchev–Trinajstić information content (AvgIpc) is 2.51. The number of hydrogen-bond acceptors (Lipinski definition) is 2. The summed E-state index contributed by atoms with van der Waals surface area (Å²) in [6, 6.07) is 12.4. The van der Waals surface area contributed by atoms with Gasteiger partial charge in [0.1, 0.15) is 5.75 Å². The molecule has 0 saturated carbocycles. The van der Waals surface area contributed by atoms with E-state index in [9.17, 15) is 4.79 Å². The lowest BCUT2D eigenvalue weighted by Crippen LogP contribution is -2.30. The van der Waals surface area contributed by atoms with Crippen LogP contribution in [0.3, 0.4) is 0 Å². The Labute approximate surface area is 139 Å². The molecule has 0 fully saturated rings. The van der Waals surface area contributed by atoms with Crippen molar-refractivity contribution < 1.29 is 9.53 Å². The lowest BCUT2D eigenvalue weighted by molar-refractivity contribution is 0.252. The highest BCUT2D eigenvalue weighted by molar-refractivity contribution is 6.42. The minimum Gasteiger partial charge on any atom is -0.497 e. The van der Waals surface area contributed by atoms with Crippen molar-refractivity contribution in [1.82, 2.24) is 5.32 Å². The summed E-state index contributed by atoms with van der Waals surface area (Å²) in [5, 5.41) is 6.33. The topological polar surface area (TPSA) is 50.4 Å². The Balaban J connectivity index is 1.81. The Morgan fingerprint density at radius 2 is 1.95 bits per heavy atom. The van der Waals surface area contributed by atoms with Gasteiger partial charge >= 0.3 is 6.03 Å². The highest BCUT2D eigenvalue weighted by Crippen LogP contribution is 2.24. The molecule has 2 aromatic rings. The van der Waals surface area contributed by atoms with E-state index in [0.717, 1.165) is 11.3 Å². The standard InChI is InChI=1S/C16H16Cl2N2O2/c1-22-13-4-2-3-11(9-13)7-8-19-16(21)20-12-5-6-14(17)15(18)10-12/h2-6,9-10H,7-8H2,1H3,(H2,19,20,21). The fourth-order valence-corrected chi connectivity index (χ4v) is 2.20. The Hall–Kier alpha value is -1.91. The van der Waals surface area contributed by atoms with Gasteiger partial charge in [-0.2, -0.15) is 0 Å². The van der Waals surface area contributed by atoms with Gasteiger partial charge in [0, 0.05) is 12.2 Å². The van der Waals surface area contributed by atoms with Gasteiger partial charge in [0.05, 0.1) is 17.2 Å². The highest BCUT2D eigenvalue weighted by Gasteiger charge is 2.04. The van der Waals surface area contributed by atoms with Crippen molar-refractivity contribution in [1.29, 1.82) is 0 Å². The highest BCUT2D eigenvalue weighted by atomic mass is 35.5. The van der Waals surface area contributed by atoms with Crippen molar-refractivity contribution in [2.45, 2.75) is 6.42 Å². The molecule has 0 atom stereocenters. The fourth-order valence-electron chi connectivity index (χ4n) is 1.90. The fraction of sp³-hybridized carbons (Fsp3) is 0.188. The Morgan fingerprint density at radius 3 is 2.68 bits per heavy atom. The van der Waals surface area contributed by atoms with Crippen LogP contribution < -0.4 is 15.4 Å². The van der Waals surface area contributed by atoms with Crippen molar-refractivity contribution in [3.8, 4) is 5.75 Å². The zero-order valence-electron chi connectivity index (χ0n) is 12.0. The van der Waals surface area contributed by atoms with Gasteiger partial charge in [-0.25, -0.2) is 4.79 Å². The minimum absolute atomic E-state index is 0.290. The zero-order chi connectivity index (χ0) is 15.9. The third-order valence-electron chi connectivity index (χ3n) is 3.01. The molecule has 2 N–H and O–H groups in total. The molecule has 0 aliphatic heterocycles. The number of hydrogen-bond donors (Lipinski definition) is 2. The number of methoxy groups -OCH3 is 1. The molecular formula is C16H16Cl2N2O2. The second-order valence-electron chi connectivity index (χ2n) is 4.61. The van der Waals surface area contributed by atoms with Crippen LogP contribution in [0.2, 0.25) is 10.0 Å². The van der Waals surface area contributed by atoms with Gasteiger partial charge in [-0.3, -0.25) is 0 Å². The molecule has 0 spiro atoms. The van der Waals surface area contributed by atoms with E-state index >= 15 is 0 Å². The molecule has 2 aromatic carbocycles. The molecule has 0 unspecified atom stereocenters. The molecule has 0 bridgehead atoms. The van der Waals surface area contributed by atoms with Gasteiger partial charge in [0.15, 0.2) is 0 Å². The van der Waals surface area contributed by atoms with Crippen LogP contribution in [-0.2, 0) is 6.42 Å². The summed E-state index contributed by atoms with van der Waals surface area (Å²) in [5.41, 5.74) is 1.68. The van der Waals surface area contributed by atoms with Crippen LogP contribution >= 0.6 is 23.2 Å². The molecular weight excluding hydrogens is 323 g/mol. The summed E-state index contributed by atoms with van der Waals surface area (Å²) >= 11 is 11.7. The number of halogens is 2. The second kappa shape index (κ2) is 7.92. The number of anilines is 1. The van der Waals surface area contributed by atoms with Crippen molar-refractivity contribution in [3.05, 3.63) is 58.1 Å². The molecule has 0 aromatic heterocycles. The normalized spacial score (nSPS) is 10.1. The van der Waals surface area contributed by atoms with Crippen LogP contribution in [0.25, 0.3) is 0 Å². The molecule has 116 valence electrons. The van der Waals surface area contributed by atoms with E-state index < -0.39 is 0 Å². The van der Waals surface area contributed by atoms with Crippen molar-refractivity contribution in [2.24, 2.45) is 0 Å². The Bertz CT molecular complexity index is 662. The van der Waals surface area contributed by atoms with Gasteiger partial charge in [-0.05, 0) is 42.3 Å². The van der Waals surface area contributed by atoms with Crippen LogP contribution in [0.1, 0.15) is 5.56 Å². The first-order valence-corrected chi connectivity index (χ1v) is 7.47. The van der Waals surface area contributed by atoms with Crippen molar-refractivity contribution in [3.63, 3.8) is 0 Å². The third-order valence-corrected chi connectivity index (χ3v) is 3.75. The van der Waals surface area contributed by atoms with Gasteiger partial charge in [-0.1, -0.05) is 35.3 Å². The summed E-state index contributed by atoms with van der Waals surface area (Å²) in [6.45, 7) is 0.514. The summed E-state index contributed by atoms with van der Waals surface area (Å²) in [4.78, 5) is 11.8. The molecule has 2 amide bonds. The van der Waals surface area contributed by atoms with Crippen LogP contribution in [0, 0.1) is 0 Å². The quantitative estimate of drug-likeness (QED) is 0.850. The van der Waals surface area contributed by atoms with Gasteiger partial charge in [0.25, 0.3) is 0 Å². The van der Waals surface area contributed by atoms with Crippen molar-refractivity contribution >= 4 is 34.9 Å².